The summed E-state index contributed by atoms with van der Waals surface area (Å²) >= 11 is 15.3. The molecule has 0 amide bonds. The highest BCUT2D eigenvalue weighted by atomic mass is 127. The van der Waals surface area contributed by atoms with Gasteiger partial charge in [0.25, 0.3) is 0 Å². The van der Waals surface area contributed by atoms with Crippen molar-refractivity contribution in [2.45, 2.75) is 33.8 Å². The summed E-state index contributed by atoms with van der Waals surface area (Å²) in [4.78, 5) is 39.0. The first-order chi connectivity index (χ1) is 20.0. The minimum atomic E-state index is -0.651. The maximum Gasteiger partial charge on any atom is 0.348 e. The number of hydrogen-bond acceptors (Lipinski definition) is 9. The number of ketones is 1. The van der Waals surface area contributed by atoms with Gasteiger partial charge in [-0.25, -0.2) is 9.59 Å². The third-order valence-electron chi connectivity index (χ3n) is 5.85. The second-order valence-corrected chi connectivity index (χ2v) is 11.7. The molecule has 0 saturated carbocycles. The van der Waals surface area contributed by atoms with E-state index in [1.807, 2.05) is 6.07 Å². The van der Waals surface area contributed by atoms with E-state index < -0.39 is 17.7 Å². The molecule has 2 aromatic carbocycles. The molecule has 8 nitrogen and oxygen atoms in total. The van der Waals surface area contributed by atoms with Gasteiger partial charge in [0, 0.05) is 26.9 Å². The van der Waals surface area contributed by atoms with E-state index in [0.717, 1.165) is 16.9 Å². The van der Waals surface area contributed by atoms with Gasteiger partial charge in [0.05, 0.1) is 35.0 Å². The summed E-state index contributed by atoms with van der Waals surface area (Å²) in [5, 5.41) is 10.8. The number of hydrogen-bond donors (Lipinski definition) is 0. The van der Waals surface area contributed by atoms with Gasteiger partial charge < -0.3 is 18.9 Å². The topological polar surface area (TPSA) is 112 Å². The van der Waals surface area contributed by atoms with Crippen LogP contribution in [0.5, 0.6) is 11.5 Å². The van der Waals surface area contributed by atoms with Gasteiger partial charge in [-0.05, 0) is 84.8 Å². The van der Waals surface area contributed by atoms with Gasteiger partial charge in [-0.1, -0.05) is 29.3 Å². The molecule has 3 aromatic rings. The molecule has 3 rings (SSSR count). The van der Waals surface area contributed by atoms with Crippen molar-refractivity contribution in [1.29, 1.82) is 5.26 Å². The van der Waals surface area contributed by atoms with Gasteiger partial charge in [0.2, 0.25) is 0 Å². The van der Waals surface area contributed by atoms with Crippen LogP contribution in [0.25, 0.3) is 6.08 Å². The maximum atomic E-state index is 13.3. The van der Waals surface area contributed by atoms with E-state index in [9.17, 15) is 19.6 Å². The number of allylic oxidation sites excluding steroid dienone is 1. The van der Waals surface area contributed by atoms with E-state index >= 15 is 0 Å². The van der Waals surface area contributed by atoms with Crippen molar-refractivity contribution in [2.24, 2.45) is 0 Å². The van der Waals surface area contributed by atoms with Crippen molar-refractivity contribution in [2.75, 3.05) is 20.3 Å². The lowest BCUT2D eigenvalue weighted by Crippen LogP contribution is -2.12. The molecule has 0 aliphatic carbocycles. The maximum absolute atomic E-state index is 13.3. The first-order valence-corrected chi connectivity index (χ1v) is 15.2. The molecular weight excluding hydrogens is 716 g/mol. The van der Waals surface area contributed by atoms with Crippen molar-refractivity contribution in [3.8, 4) is 17.6 Å². The molecule has 0 fully saturated rings. The zero-order chi connectivity index (χ0) is 31.0. The molecule has 0 atom stereocenters. The summed E-state index contributed by atoms with van der Waals surface area (Å²) in [5.41, 5.74) is 1.62. The molecule has 220 valence electrons. The molecule has 0 unspecified atom stereocenters. The molecule has 0 bridgehead atoms. The number of esters is 2. The Bertz CT molecular complexity index is 1590. The molecule has 0 spiro atoms. The number of nitrogens with zero attached hydrogens (tertiary/aromatic N) is 1. The fourth-order valence-corrected chi connectivity index (χ4v) is 6.32. The minimum Gasteiger partial charge on any atom is -0.493 e. The van der Waals surface area contributed by atoms with Gasteiger partial charge >= 0.3 is 11.9 Å². The molecule has 42 heavy (non-hydrogen) atoms. The normalized spacial score (nSPS) is 11.0. The summed E-state index contributed by atoms with van der Waals surface area (Å²) in [7, 11) is 1.48. The molecule has 0 saturated heterocycles. The zero-order valence-corrected chi connectivity index (χ0v) is 27.6. The standard InChI is InChI=1S/C30H26Cl2INO7S/c1-5-39-29(36)26-16(3)28(30(37)40-6-2)42-25(26)13-23(35)19(14-34)9-17-10-22(33)27(24(11-17)38-4)41-15-18-7-8-20(31)12-21(18)32/h7-12H,5-6,13,15H2,1-4H3/b19-9+. The Morgan fingerprint density at radius 2 is 1.76 bits per heavy atom. The van der Waals surface area contributed by atoms with Crippen molar-refractivity contribution in [3.63, 3.8) is 0 Å². The predicted octanol–water partition coefficient (Wildman–Crippen LogP) is 7.63. The fraction of sp³-hybridized carbons (Fsp3) is 0.267. The van der Waals surface area contributed by atoms with E-state index in [-0.39, 0.29) is 42.3 Å². The number of ether oxygens (including phenoxy) is 4. The van der Waals surface area contributed by atoms with Gasteiger partial charge in [0.1, 0.15) is 17.6 Å². The number of benzene rings is 2. The lowest BCUT2D eigenvalue weighted by atomic mass is 10.0. The molecule has 0 aliphatic heterocycles. The summed E-state index contributed by atoms with van der Waals surface area (Å²) in [5.74, 6) is -0.929. The molecular formula is C30H26Cl2INO7S. The van der Waals surface area contributed by atoms with Gasteiger partial charge in [0.15, 0.2) is 17.3 Å². The minimum absolute atomic E-state index is 0.118. The largest absolute Gasteiger partial charge is 0.493 e. The number of rotatable bonds is 12. The Hall–Kier alpha value is -3.11. The average Bonchev–Trinajstić information content (AvgIpc) is 3.27. The second kappa shape index (κ2) is 15.4. The summed E-state index contributed by atoms with van der Waals surface area (Å²) < 4.78 is 22.4. The van der Waals surface area contributed by atoms with Crippen molar-refractivity contribution in [1.82, 2.24) is 0 Å². The highest BCUT2D eigenvalue weighted by molar-refractivity contribution is 14.1. The third-order valence-corrected chi connectivity index (χ3v) is 8.51. The third kappa shape index (κ3) is 8.04. The second-order valence-electron chi connectivity index (χ2n) is 8.62. The molecule has 1 aromatic heterocycles. The first kappa shape index (κ1) is 33.4. The van der Waals surface area contributed by atoms with Gasteiger partial charge in [-0.15, -0.1) is 11.3 Å². The molecule has 12 heteroatoms. The van der Waals surface area contributed by atoms with Crippen LogP contribution in [0.4, 0.5) is 0 Å². The Labute approximate surface area is 271 Å². The summed E-state index contributed by atoms with van der Waals surface area (Å²) in [6.45, 7) is 5.37. The van der Waals surface area contributed by atoms with E-state index in [0.29, 0.717) is 41.1 Å². The Balaban J connectivity index is 1.91. The molecule has 0 aliphatic rings. The van der Waals surface area contributed by atoms with Gasteiger partial charge in [-0.2, -0.15) is 5.26 Å². The first-order valence-electron chi connectivity index (χ1n) is 12.6. The van der Waals surface area contributed by atoms with E-state index in [1.165, 1.54) is 13.2 Å². The van der Waals surface area contributed by atoms with Crippen LogP contribution in [-0.4, -0.2) is 38.0 Å². The SMILES string of the molecule is CCOC(=O)c1sc(CC(=O)/C(C#N)=C/c2cc(I)c(OCc3ccc(Cl)cc3Cl)c(OC)c2)c(C(=O)OCC)c1C. The molecule has 0 radical (unpaired) electrons. The Morgan fingerprint density at radius 1 is 1.07 bits per heavy atom. The molecule has 1 heterocycles. The highest BCUT2D eigenvalue weighted by Crippen LogP contribution is 2.36. The lowest BCUT2D eigenvalue weighted by molar-refractivity contribution is -0.114. The number of carbonyl (C=O) groups excluding carboxylic acids is 3. The van der Waals surface area contributed by atoms with Crippen LogP contribution in [0.3, 0.4) is 0 Å². The zero-order valence-electron chi connectivity index (χ0n) is 23.1. The van der Waals surface area contributed by atoms with Crippen molar-refractivity contribution in [3.05, 3.63) is 81.5 Å². The predicted molar refractivity (Wildman–Crippen MR) is 170 cm³/mol. The number of Topliss-reactive ketones (excluding diaryl/α,β-unsaturated/α-hetero) is 1. The number of halogens is 3. The van der Waals surface area contributed by atoms with E-state index in [2.05, 4.69) is 22.6 Å². The number of nitriles is 1. The van der Waals surface area contributed by atoms with Gasteiger partial charge in [-0.3, -0.25) is 4.79 Å². The van der Waals surface area contributed by atoms with E-state index in [1.54, 1.807) is 51.1 Å². The number of thiophene rings is 1. The Morgan fingerprint density at radius 3 is 2.38 bits per heavy atom. The Kier molecular flexibility index (Phi) is 12.2. The van der Waals surface area contributed by atoms with Crippen LogP contribution in [0.1, 0.15) is 55.4 Å². The average molecular weight is 742 g/mol. The van der Waals surface area contributed by atoms with Crippen LogP contribution in [0.15, 0.2) is 35.9 Å². The summed E-state index contributed by atoms with van der Waals surface area (Å²) in [6, 6.07) is 10.4. The quantitative estimate of drug-likeness (QED) is 0.0807. The van der Waals surface area contributed by atoms with Crippen LogP contribution in [0.2, 0.25) is 10.0 Å². The van der Waals surface area contributed by atoms with Crippen molar-refractivity contribution >= 4 is 80.9 Å². The lowest BCUT2D eigenvalue weighted by Gasteiger charge is -2.14. The fourth-order valence-electron chi connectivity index (χ4n) is 3.89. The monoisotopic (exact) mass is 741 g/mol. The van der Waals surface area contributed by atoms with Crippen LogP contribution >= 0.6 is 57.1 Å². The van der Waals surface area contributed by atoms with Crippen molar-refractivity contribution < 1.29 is 33.3 Å². The highest BCUT2D eigenvalue weighted by Gasteiger charge is 2.28. The summed E-state index contributed by atoms with van der Waals surface area (Å²) in [6.07, 6.45) is 1.15. The number of carbonyl (C=O) groups is 3. The van der Waals surface area contributed by atoms with Crippen LogP contribution in [-0.2, 0) is 27.3 Å². The number of methoxy groups -OCH3 is 1. The van der Waals surface area contributed by atoms with Crippen LogP contribution < -0.4 is 9.47 Å². The smallest absolute Gasteiger partial charge is 0.348 e. The molecule has 0 N–H and O–H groups in total. The van der Waals surface area contributed by atoms with E-state index in [4.69, 9.17) is 42.1 Å². The van der Waals surface area contributed by atoms with Crippen LogP contribution in [0, 0.1) is 21.8 Å².